The molecule has 3 rings (SSSR count). The van der Waals surface area contributed by atoms with Gasteiger partial charge < -0.3 is 15.0 Å². The molecule has 0 aromatic heterocycles. The maximum absolute atomic E-state index is 13.1. The number of carbonyl (C=O) groups excluding carboxylic acids is 1. The molecule has 1 aliphatic rings. The van der Waals surface area contributed by atoms with E-state index in [9.17, 15) is 13.2 Å². The highest BCUT2D eigenvalue weighted by Gasteiger charge is 2.31. The van der Waals surface area contributed by atoms with Crippen molar-refractivity contribution in [2.45, 2.75) is 31.2 Å². The molecule has 0 radical (unpaired) electrons. The van der Waals surface area contributed by atoms with Gasteiger partial charge in [-0.05, 0) is 74.3 Å². The molecule has 1 heterocycles. The molecule has 2 aromatic carbocycles. The Morgan fingerprint density at radius 3 is 2.15 bits per heavy atom. The predicted molar refractivity (Wildman–Crippen MR) is 130 cm³/mol. The molecule has 0 saturated carbocycles. The molecule has 2 aromatic rings. The van der Waals surface area contributed by atoms with Crippen LogP contribution in [0.1, 0.15) is 42.2 Å². The number of amides is 1. The van der Waals surface area contributed by atoms with Crippen molar-refractivity contribution in [2.24, 2.45) is 11.8 Å². The summed E-state index contributed by atoms with van der Waals surface area (Å²) in [6.45, 7) is 5.65. The van der Waals surface area contributed by atoms with Crippen LogP contribution in [0.4, 0.5) is 0 Å². The number of methoxy groups -OCH3 is 1. The lowest BCUT2D eigenvalue weighted by atomic mass is 9.94. The van der Waals surface area contributed by atoms with Crippen molar-refractivity contribution in [3.8, 4) is 5.75 Å². The van der Waals surface area contributed by atoms with E-state index in [1.807, 2.05) is 43.3 Å². The van der Waals surface area contributed by atoms with Crippen LogP contribution in [0.2, 0.25) is 0 Å². The van der Waals surface area contributed by atoms with Crippen LogP contribution in [0.3, 0.4) is 0 Å². The lowest BCUT2D eigenvalue weighted by molar-refractivity contribution is 0.0941. The van der Waals surface area contributed by atoms with Gasteiger partial charge in [0.2, 0.25) is 10.0 Å². The van der Waals surface area contributed by atoms with E-state index < -0.39 is 10.0 Å². The second-order valence-electron chi connectivity index (χ2n) is 9.26. The third kappa shape index (κ3) is 6.13. The number of sulfonamides is 1. The first kappa shape index (κ1) is 25.2. The Balaban J connectivity index is 1.66. The Kier molecular flexibility index (Phi) is 8.15. The number of piperidine rings is 1. The van der Waals surface area contributed by atoms with Crippen LogP contribution in [-0.4, -0.2) is 64.4 Å². The lowest BCUT2D eigenvalue weighted by Crippen LogP contribution is -2.42. The smallest absolute Gasteiger partial charge is 0.251 e. The quantitative estimate of drug-likeness (QED) is 0.636. The van der Waals surface area contributed by atoms with E-state index in [2.05, 4.69) is 19.2 Å². The largest absolute Gasteiger partial charge is 0.497 e. The van der Waals surface area contributed by atoms with Gasteiger partial charge in [0.15, 0.2) is 0 Å². The SMILES string of the molecule is COc1ccc([C@H](CNC(=O)c2ccc(S(=O)(=O)N3C[C@@H](C)C[C@H](C)C3)cc2)N(C)C)cc1. The third-order valence-electron chi connectivity index (χ3n) is 6.17. The number of carbonyl (C=O) groups is 1. The molecular formula is C25H35N3O4S. The van der Waals surface area contributed by atoms with Crippen LogP contribution in [-0.2, 0) is 10.0 Å². The summed E-state index contributed by atoms with van der Waals surface area (Å²) in [5.41, 5.74) is 1.49. The predicted octanol–water partition coefficient (Wildman–Crippen LogP) is 3.39. The van der Waals surface area contributed by atoms with Crippen molar-refractivity contribution in [1.82, 2.24) is 14.5 Å². The van der Waals surface area contributed by atoms with E-state index >= 15 is 0 Å². The highest BCUT2D eigenvalue weighted by Crippen LogP contribution is 2.27. The van der Waals surface area contributed by atoms with Crippen LogP contribution in [0.15, 0.2) is 53.4 Å². The number of nitrogens with zero attached hydrogens (tertiary/aromatic N) is 2. The Morgan fingerprint density at radius 1 is 1.06 bits per heavy atom. The molecule has 0 aliphatic carbocycles. The van der Waals surface area contributed by atoms with Gasteiger partial charge in [-0.1, -0.05) is 26.0 Å². The highest BCUT2D eigenvalue weighted by atomic mass is 32.2. The molecule has 0 bridgehead atoms. The van der Waals surface area contributed by atoms with Gasteiger partial charge in [-0.3, -0.25) is 4.79 Å². The summed E-state index contributed by atoms with van der Waals surface area (Å²) < 4.78 is 32.9. The van der Waals surface area contributed by atoms with Gasteiger partial charge in [0.1, 0.15) is 5.75 Å². The summed E-state index contributed by atoms with van der Waals surface area (Å²) in [6, 6.07) is 14.0. The van der Waals surface area contributed by atoms with E-state index in [1.54, 1.807) is 23.5 Å². The van der Waals surface area contributed by atoms with Crippen molar-refractivity contribution in [1.29, 1.82) is 0 Å². The minimum atomic E-state index is -3.56. The molecule has 1 N–H and O–H groups in total. The lowest BCUT2D eigenvalue weighted by Gasteiger charge is -2.34. The first-order valence-corrected chi connectivity index (χ1v) is 12.7. The number of rotatable bonds is 8. The zero-order valence-corrected chi connectivity index (χ0v) is 20.9. The topological polar surface area (TPSA) is 78.9 Å². The number of hydrogen-bond donors (Lipinski definition) is 1. The molecule has 0 spiro atoms. The van der Waals surface area contributed by atoms with Gasteiger partial charge in [-0.25, -0.2) is 8.42 Å². The molecule has 33 heavy (non-hydrogen) atoms. The molecule has 0 unspecified atom stereocenters. The molecule has 1 fully saturated rings. The minimum Gasteiger partial charge on any atom is -0.497 e. The van der Waals surface area contributed by atoms with Crippen molar-refractivity contribution in [3.05, 3.63) is 59.7 Å². The second-order valence-corrected chi connectivity index (χ2v) is 11.2. The van der Waals surface area contributed by atoms with Crippen LogP contribution < -0.4 is 10.1 Å². The summed E-state index contributed by atoms with van der Waals surface area (Å²) >= 11 is 0. The van der Waals surface area contributed by atoms with Gasteiger partial charge in [-0.2, -0.15) is 4.31 Å². The molecule has 1 saturated heterocycles. The van der Waals surface area contributed by atoms with Gasteiger partial charge in [0.05, 0.1) is 18.0 Å². The van der Waals surface area contributed by atoms with Gasteiger partial charge in [0, 0.05) is 25.2 Å². The molecule has 1 aliphatic heterocycles. The van der Waals surface area contributed by atoms with Gasteiger partial charge >= 0.3 is 0 Å². The molecule has 8 heteroatoms. The molecule has 3 atom stereocenters. The normalized spacial score (nSPS) is 20.4. The van der Waals surface area contributed by atoms with E-state index in [4.69, 9.17) is 4.74 Å². The fourth-order valence-corrected chi connectivity index (χ4v) is 6.13. The molecule has 1 amide bonds. The molecule has 180 valence electrons. The summed E-state index contributed by atoms with van der Waals surface area (Å²) in [4.78, 5) is 15.0. The Labute approximate surface area is 197 Å². The van der Waals surface area contributed by atoms with Gasteiger partial charge in [0.25, 0.3) is 5.91 Å². The van der Waals surface area contributed by atoms with Crippen LogP contribution in [0, 0.1) is 11.8 Å². The van der Waals surface area contributed by atoms with Crippen molar-refractivity contribution in [3.63, 3.8) is 0 Å². The van der Waals surface area contributed by atoms with E-state index in [0.717, 1.165) is 17.7 Å². The fourth-order valence-electron chi connectivity index (χ4n) is 4.45. The number of benzene rings is 2. The highest BCUT2D eigenvalue weighted by molar-refractivity contribution is 7.89. The number of ether oxygens (including phenoxy) is 1. The number of likely N-dealkylation sites (N-methyl/N-ethyl adjacent to an activating group) is 1. The average molecular weight is 474 g/mol. The van der Waals surface area contributed by atoms with Crippen molar-refractivity contribution >= 4 is 15.9 Å². The third-order valence-corrected chi connectivity index (χ3v) is 8.02. The maximum Gasteiger partial charge on any atom is 0.251 e. The number of hydrogen-bond acceptors (Lipinski definition) is 5. The Morgan fingerprint density at radius 2 is 1.64 bits per heavy atom. The number of nitrogens with one attached hydrogen (secondary N) is 1. The van der Waals surface area contributed by atoms with E-state index in [-0.39, 0.29) is 16.8 Å². The zero-order valence-electron chi connectivity index (χ0n) is 20.1. The molecular weight excluding hydrogens is 438 g/mol. The van der Waals surface area contributed by atoms with Crippen molar-refractivity contribution in [2.75, 3.05) is 40.8 Å². The Hall–Kier alpha value is -2.42. The summed E-state index contributed by atoms with van der Waals surface area (Å²) in [6.07, 6.45) is 1.04. The summed E-state index contributed by atoms with van der Waals surface area (Å²) in [5, 5.41) is 2.97. The summed E-state index contributed by atoms with van der Waals surface area (Å²) in [7, 11) is 1.99. The van der Waals surface area contributed by atoms with Gasteiger partial charge in [-0.15, -0.1) is 0 Å². The second kappa shape index (κ2) is 10.7. The van der Waals surface area contributed by atoms with Crippen LogP contribution >= 0.6 is 0 Å². The van der Waals surface area contributed by atoms with E-state index in [0.29, 0.717) is 37.0 Å². The standard InChI is InChI=1S/C25H35N3O4S/c1-18-14-19(2)17-28(16-18)33(30,31)23-12-8-21(9-13-23)25(29)26-15-24(27(3)4)20-6-10-22(32-5)11-7-20/h6-13,18-19,24H,14-17H2,1-5H3,(H,26,29)/t18-,19-,24-/m0/s1. The van der Waals surface area contributed by atoms with E-state index in [1.165, 1.54) is 12.1 Å². The average Bonchev–Trinajstić information content (AvgIpc) is 2.78. The monoisotopic (exact) mass is 473 g/mol. The fraction of sp³-hybridized carbons (Fsp3) is 0.480. The maximum atomic E-state index is 13.1. The van der Waals surface area contributed by atoms with Crippen molar-refractivity contribution < 1.29 is 17.9 Å². The minimum absolute atomic E-state index is 0.0115. The van der Waals surface area contributed by atoms with Crippen LogP contribution in [0.5, 0.6) is 5.75 Å². The molecule has 7 nitrogen and oxygen atoms in total. The zero-order chi connectivity index (χ0) is 24.2. The summed E-state index contributed by atoms with van der Waals surface area (Å²) in [5.74, 6) is 1.22. The first-order valence-electron chi connectivity index (χ1n) is 11.3. The first-order chi connectivity index (χ1) is 15.6. The van der Waals surface area contributed by atoms with Crippen LogP contribution in [0.25, 0.3) is 0 Å². The Bertz CT molecular complexity index is 1030.